The molecule has 35 heavy (non-hydrogen) atoms. The van der Waals surface area contributed by atoms with Gasteiger partial charge in [-0.3, -0.25) is 4.90 Å². The number of aryl methyl sites for hydroxylation is 4. The predicted octanol–water partition coefficient (Wildman–Crippen LogP) is 5.34. The Morgan fingerprint density at radius 2 is 1.77 bits per heavy atom. The molecule has 2 heterocycles. The molecular formula is C28H36ClN3O3. The number of likely N-dealkylation sites (tertiary alicyclic amines) is 1. The molecule has 6 nitrogen and oxygen atoms in total. The van der Waals surface area contributed by atoms with E-state index in [-0.39, 0.29) is 0 Å². The van der Waals surface area contributed by atoms with Crippen molar-refractivity contribution in [1.29, 1.82) is 0 Å². The average Bonchev–Trinajstić information content (AvgIpc) is 3.25. The molecule has 7 heteroatoms. The molecule has 0 atom stereocenters. The number of halogens is 1. The number of hydrogen-bond acceptors (Lipinski definition) is 5. The van der Waals surface area contributed by atoms with Crippen molar-refractivity contribution in [2.24, 2.45) is 0 Å². The minimum absolute atomic E-state index is 0.295. The van der Waals surface area contributed by atoms with Crippen molar-refractivity contribution >= 4 is 11.6 Å². The van der Waals surface area contributed by atoms with Crippen LogP contribution >= 0.6 is 11.6 Å². The fourth-order valence-corrected chi connectivity index (χ4v) is 4.64. The van der Waals surface area contributed by atoms with Crippen LogP contribution in [0, 0.1) is 20.8 Å². The Kier molecular flexibility index (Phi) is 8.37. The normalized spacial score (nSPS) is 15.8. The first kappa shape index (κ1) is 25.5. The summed E-state index contributed by atoms with van der Waals surface area (Å²) in [5, 5.41) is 11.8. The monoisotopic (exact) mass is 497 g/mol. The number of aromatic nitrogens is 2. The Hall–Kier alpha value is -2.54. The third kappa shape index (κ3) is 7.00. The second kappa shape index (κ2) is 11.5. The summed E-state index contributed by atoms with van der Waals surface area (Å²) in [4.78, 5) is 6.63. The number of nitrogens with zero attached hydrogens (tertiary/aromatic N) is 3. The lowest BCUT2D eigenvalue weighted by Gasteiger charge is -2.38. The van der Waals surface area contributed by atoms with Gasteiger partial charge in [-0.25, -0.2) is 4.98 Å². The minimum atomic E-state index is -0.809. The largest absolute Gasteiger partial charge is 0.494 e. The zero-order valence-corrected chi connectivity index (χ0v) is 21.7. The first-order valence-corrected chi connectivity index (χ1v) is 12.7. The third-order valence-electron chi connectivity index (χ3n) is 6.74. The first-order chi connectivity index (χ1) is 16.8. The van der Waals surface area contributed by atoms with Crippen LogP contribution in [0.25, 0.3) is 0 Å². The van der Waals surface area contributed by atoms with E-state index in [0.717, 1.165) is 66.1 Å². The molecule has 0 unspecified atom stereocenters. The van der Waals surface area contributed by atoms with E-state index < -0.39 is 5.60 Å². The molecule has 188 valence electrons. The third-order valence-corrected chi connectivity index (χ3v) is 7.34. The lowest BCUT2D eigenvalue weighted by atomic mass is 9.92. The number of ether oxygens (including phenoxy) is 2. The van der Waals surface area contributed by atoms with Crippen LogP contribution in [-0.2, 0) is 13.1 Å². The highest BCUT2D eigenvalue weighted by molar-refractivity contribution is 6.32. The zero-order valence-electron chi connectivity index (χ0n) is 21.0. The van der Waals surface area contributed by atoms with Gasteiger partial charge in [0.05, 0.1) is 6.61 Å². The minimum Gasteiger partial charge on any atom is -0.494 e. The molecule has 0 bridgehead atoms. The molecule has 0 radical (unpaired) electrons. The Labute approximate surface area is 213 Å². The van der Waals surface area contributed by atoms with Crippen molar-refractivity contribution < 1.29 is 14.6 Å². The predicted molar refractivity (Wildman–Crippen MR) is 139 cm³/mol. The first-order valence-electron chi connectivity index (χ1n) is 12.4. The second-order valence-electron chi connectivity index (χ2n) is 9.68. The topological polar surface area (TPSA) is 59.8 Å². The number of benzene rings is 2. The molecule has 1 saturated heterocycles. The fraction of sp³-hybridized carbons (Fsp3) is 0.464. The number of piperidine rings is 1. The summed E-state index contributed by atoms with van der Waals surface area (Å²) in [7, 11) is 0. The molecule has 0 amide bonds. The molecule has 3 aromatic rings. The second-order valence-corrected chi connectivity index (χ2v) is 10.1. The van der Waals surface area contributed by atoms with Gasteiger partial charge in [0.1, 0.15) is 29.5 Å². The van der Waals surface area contributed by atoms with Crippen molar-refractivity contribution in [1.82, 2.24) is 14.5 Å². The molecule has 2 aromatic carbocycles. The lowest BCUT2D eigenvalue weighted by Crippen LogP contribution is -2.47. The molecule has 0 spiro atoms. The van der Waals surface area contributed by atoms with Crippen LogP contribution in [0.5, 0.6) is 11.5 Å². The maximum absolute atomic E-state index is 11.1. The van der Waals surface area contributed by atoms with Gasteiger partial charge in [-0.15, -0.1) is 0 Å². The van der Waals surface area contributed by atoms with Crippen molar-refractivity contribution in [3.05, 3.63) is 76.3 Å². The standard InChI is InChI=1S/C28H36ClN3O3/c1-21-16-26(17-22(2)27(21)29)35-20-28(33)8-12-31(13-9-28)19-24-6-4-7-25(18-24)34-15-5-11-32-14-10-30-23(32)3/h4,6-7,10,14,16-18,33H,5,8-9,11-13,15,19-20H2,1-3H3. The molecule has 0 aliphatic carbocycles. The van der Waals surface area contributed by atoms with Gasteiger partial charge in [0.25, 0.3) is 0 Å². The number of hydrogen-bond donors (Lipinski definition) is 1. The van der Waals surface area contributed by atoms with E-state index in [1.807, 2.05) is 51.4 Å². The smallest absolute Gasteiger partial charge is 0.120 e. The Morgan fingerprint density at radius 1 is 1.03 bits per heavy atom. The van der Waals surface area contributed by atoms with E-state index in [4.69, 9.17) is 21.1 Å². The molecule has 1 aromatic heterocycles. The van der Waals surface area contributed by atoms with Gasteiger partial charge in [-0.1, -0.05) is 23.7 Å². The molecule has 1 N–H and O–H groups in total. The van der Waals surface area contributed by atoms with Crippen molar-refractivity contribution in [2.45, 2.75) is 58.7 Å². The molecule has 1 aliphatic heterocycles. The highest BCUT2D eigenvalue weighted by atomic mass is 35.5. The quantitative estimate of drug-likeness (QED) is 0.383. The van der Waals surface area contributed by atoms with Crippen LogP contribution in [0.15, 0.2) is 48.8 Å². The van der Waals surface area contributed by atoms with Crippen LogP contribution in [0.1, 0.15) is 41.8 Å². The van der Waals surface area contributed by atoms with Gasteiger partial charge < -0.3 is 19.1 Å². The summed E-state index contributed by atoms with van der Waals surface area (Å²) in [6.07, 6.45) is 6.13. The Balaban J connectivity index is 1.21. The zero-order chi connectivity index (χ0) is 24.8. The average molecular weight is 498 g/mol. The van der Waals surface area contributed by atoms with Gasteiger partial charge >= 0.3 is 0 Å². The summed E-state index contributed by atoms with van der Waals surface area (Å²) >= 11 is 6.25. The van der Waals surface area contributed by atoms with Crippen LogP contribution in [-0.4, -0.2) is 51.5 Å². The summed E-state index contributed by atoms with van der Waals surface area (Å²) < 4.78 is 14.1. The molecule has 1 aliphatic rings. The lowest BCUT2D eigenvalue weighted by molar-refractivity contribution is -0.0537. The number of imidazole rings is 1. The van der Waals surface area contributed by atoms with Crippen LogP contribution in [0.4, 0.5) is 0 Å². The van der Waals surface area contributed by atoms with Crippen molar-refractivity contribution in [3.8, 4) is 11.5 Å². The fourth-order valence-electron chi connectivity index (χ4n) is 4.54. The van der Waals surface area contributed by atoms with Gasteiger partial charge in [-0.2, -0.15) is 0 Å². The molecule has 1 fully saturated rings. The molecule has 4 rings (SSSR count). The maximum Gasteiger partial charge on any atom is 0.120 e. The number of rotatable bonds is 10. The van der Waals surface area contributed by atoms with Crippen molar-refractivity contribution in [3.63, 3.8) is 0 Å². The van der Waals surface area contributed by atoms with E-state index >= 15 is 0 Å². The molecular weight excluding hydrogens is 462 g/mol. The van der Waals surface area contributed by atoms with E-state index in [2.05, 4.69) is 32.7 Å². The highest BCUT2D eigenvalue weighted by Gasteiger charge is 2.33. The maximum atomic E-state index is 11.1. The van der Waals surface area contributed by atoms with E-state index in [1.54, 1.807) is 0 Å². The van der Waals surface area contributed by atoms with Crippen LogP contribution < -0.4 is 9.47 Å². The summed E-state index contributed by atoms with van der Waals surface area (Å²) in [6, 6.07) is 12.2. The summed E-state index contributed by atoms with van der Waals surface area (Å²) in [6.45, 7) is 10.3. The van der Waals surface area contributed by atoms with Gasteiger partial charge in [0.15, 0.2) is 0 Å². The summed E-state index contributed by atoms with van der Waals surface area (Å²) in [5.41, 5.74) is 2.39. The summed E-state index contributed by atoms with van der Waals surface area (Å²) in [5.74, 6) is 2.69. The van der Waals surface area contributed by atoms with Gasteiger partial charge in [0, 0.05) is 43.6 Å². The highest BCUT2D eigenvalue weighted by Crippen LogP contribution is 2.29. The Bertz CT molecular complexity index is 1100. The van der Waals surface area contributed by atoms with E-state index in [9.17, 15) is 5.11 Å². The van der Waals surface area contributed by atoms with Gasteiger partial charge in [0.2, 0.25) is 0 Å². The van der Waals surface area contributed by atoms with Crippen LogP contribution in [0.3, 0.4) is 0 Å². The Morgan fingerprint density at radius 3 is 2.46 bits per heavy atom. The van der Waals surface area contributed by atoms with Crippen molar-refractivity contribution in [2.75, 3.05) is 26.3 Å². The van der Waals surface area contributed by atoms with Crippen LogP contribution in [0.2, 0.25) is 5.02 Å². The molecule has 0 saturated carbocycles. The van der Waals surface area contributed by atoms with E-state index in [0.29, 0.717) is 26.1 Å². The SMILES string of the molecule is Cc1cc(OCC2(O)CCN(Cc3cccc(OCCCn4ccnc4C)c3)CC2)cc(C)c1Cl. The van der Waals surface area contributed by atoms with Gasteiger partial charge in [-0.05, 0) is 81.0 Å². The van der Waals surface area contributed by atoms with E-state index in [1.165, 1.54) is 5.56 Å². The number of aliphatic hydroxyl groups is 1.